The standard InChI is InChI=1S/C21H20Cl2N2O/c1-12(26)25(2)14-7-9-20-18(11-14)15-4-3-5-16(15)21(24-20)17-8-6-13(22)10-19(17)23/h3-4,6-11,15-16,21,24H,5H2,1-2H3. The average molecular weight is 387 g/mol. The number of nitrogens with one attached hydrogen (secondary N) is 1. The molecule has 1 aliphatic carbocycles. The number of anilines is 2. The molecule has 5 heteroatoms. The number of benzene rings is 2. The molecule has 3 nitrogen and oxygen atoms in total. The molecular weight excluding hydrogens is 367 g/mol. The van der Waals surface area contributed by atoms with Gasteiger partial charge in [-0.1, -0.05) is 41.4 Å². The molecule has 134 valence electrons. The summed E-state index contributed by atoms with van der Waals surface area (Å²) in [6.07, 6.45) is 5.51. The Morgan fingerprint density at radius 1 is 1.15 bits per heavy atom. The summed E-state index contributed by atoms with van der Waals surface area (Å²) >= 11 is 12.6. The normalized spacial score (nSPS) is 23.2. The van der Waals surface area contributed by atoms with E-state index in [1.165, 1.54) is 5.56 Å². The zero-order valence-corrected chi connectivity index (χ0v) is 16.2. The first-order chi connectivity index (χ1) is 12.5. The van der Waals surface area contributed by atoms with Crippen molar-refractivity contribution in [3.05, 3.63) is 69.7 Å². The molecule has 0 bridgehead atoms. The molecule has 3 atom stereocenters. The minimum absolute atomic E-state index is 0.0260. The van der Waals surface area contributed by atoms with Crippen molar-refractivity contribution in [3.8, 4) is 0 Å². The lowest BCUT2D eigenvalue weighted by molar-refractivity contribution is -0.116. The quantitative estimate of drug-likeness (QED) is 0.661. The zero-order chi connectivity index (χ0) is 18.4. The Morgan fingerprint density at radius 2 is 1.96 bits per heavy atom. The molecule has 0 fully saturated rings. The topological polar surface area (TPSA) is 32.3 Å². The number of nitrogens with zero attached hydrogens (tertiary/aromatic N) is 1. The van der Waals surface area contributed by atoms with Crippen LogP contribution in [0.5, 0.6) is 0 Å². The highest BCUT2D eigenvalue weighted by molar-refractivity contribution is 6.35. The van der Waals surface area contributed by atoms with Gasteiger partial charge in [-0.05, 0) is 53.8 Å². The smallest absolute Gasteiger partial charge is 0.223 e. The number of halogens is 2. The lowest BCUT2D eigenvalue weighted by Crippen LogP contribution is -2.30. The van der Waals surface area contributed by atoms with Gasteiger partial charge in [0.1, 0.15) is 0 Å². The minimum atomic E-state index is 0.0260. The SMILES string of the molecule is CC(=O)N(C)c1ccc2c(c1)C1C=CCC1C(c1ccc(Cl)cc1Cl)N2. The van der Waals surface area contributed by atoms with E-state index in [1.54, 1.807) is 24.9 Å². The second-order valence-corrected chi connectivity index (χ2v) is 7.83. The number of hydrogen-bond acceptors (Lipinski definition) is 2. The summed E-state index contributed by atoms with van der Waals surface area (Å²) in [6, 6.07) is 12.0. The van der Waals surface area contributed by atoms with Gasteiger partial charge >= 0.3 is 0 Å². The van der Waals surface area contributed by atoms with Gasteiger partial charge in [0.25, 0.3) is 0 Å². The van der Waals surface area contributed by atoms with Crippen LogP contribution in [0.3, 0.4) is 0 Å². The highest BCUT2D eigenvalue weighted by Crippen LogP contribution is 2.51. The van der Waals surface area contributed by atoms with Crippen LogP contribution in [0.1, 0.15) is 36.4 Å². The Hall–Kier alpha value is -1.97. The van der Waals surface area contributed by atoms with Crippen molar-refractivity contribution in [2.24, 2.45) is 5.92 Å². The van der Waals surface area contributed by atoms with Crippen LogP contribution in [0.2, 0.25) is 10.0 Å². The predicted molar refractivity (Wildman–Crippen MR) is 108 cm³/mol. The average Bonchev–Trinajstić information content (AvgIpc) is 3.10. The zero-order valence-electron chi connectivity index (χ0n) is 14.7. The first kappa shape index (κ1) is 17.4. The molecule has 26 heavy (non-hydrogen) atoms. The molecule has 0 spiro atoms. The van der Waals surface area contributed by atoms with Gasteiger partial charge in [-0.2, -0.15) is 0 Å². The van der Waals surface area contributed by atoms with Crippen molar-refractivity contribution in [3.63, 3.8) is 0 Å². The van der Waals surface area contributed by atoms with E-state index in [-0.39, 0.29) is 11.9 Å². The third kappa shape index (κ3) is 2.89. The fraction of sp³-hybridized carbons (Fsp3) is 0.286. The van der Waals surface area contributed by atoms with Gasteiger partial charge in [0.05, 0.1) is 6.04 Å². The van der Waals surface area contributed by atoms with Crippen molar-refractivity contribution in [2.75, 3.05) is 17.3 Å². The number of carbonyl (C=O) groups is 1. The van der Waals surface area contributed by atoms with Crippen LogP contribution in [-0.4, -0.2) is 13.0 Å². The summed E-state index contributed by atoms with van der Waals surface area (Å²) in [6.45, 7) is 1.58. The molecule has 0 saturated carbocycles. The van der Waals surface area contributed by atoms with E-state index in [2.05, 4.69) is 29.6 Å². The highest BCUT2D eigenvalue weighted by Gasteiger charge is 2.38. The number of amides is 1. The van der Waals surface area contributed by atoms with Gasteiger partial charge in [-0.15, -0.1) is 0 Å². The molecule has 2 aromatic carbocycles. The number of rotatable bonds is 2. The van der Waals surface area contributed by atoms with E-state index in [9.17, 15) is 4.79 Å². The Balaban J connectivity index is 1.76. The fourth-order valence-electron chi connectivity index (χ4n) is 4.03. The molecule has 2 aromatic rings. The molecule has 0 saturated heterocycles. The second-order valence-electron chi connectivity index (χ2n) is 6.99. The largest absolute Gasteiger partial charge is 0.378 e. The Morgan fingerprint density at radius 3 is 2.69 bits per heavy atom. The number of allylic oxidation sites excluding steroid dienone is 2. The number of fused-ring (bicyclic) bond motifs is 3. The minimum Gasteiger partial charge on any atom is -0.378 e. The van der Waals surface area contributed by atoms with Crippen molar-refractivity contribution in [1.82, 2.24) is 0 Å². The lowest BCUT2D eigenvalue weighted by Gasteiger charge is -2.38. The van der Waals surface area contributed by atoms with Crippen molar-refractivity contribution in [2.45, 2.75) is 25.3 Å². The van der Waals surface area contributed by atoms with E-state index in [0.717, 1.165) is 23.4 Å². The molecule has 1 amide bonds. The molecule has 4 rings (SSSR count). The number of carbonyl (C=O) groups excluding carboxylic acids is 1. The van der Waals surface area contributed by atoms with Gasteiger partial charge < -0.3 is 10.2 Å². The van der Waals surface area contributed by atoms with Crippen molar-refractivity contribution < 1.29 is 4.79 Å². The lowest BCUT2D eigenvalue weighted by atomic mass is 9.77. The van der Waals surface area contributed by atoms with E-state index in [4.69, 9.17) is 23.2 Å². The summed E-state index contributed by atoms with van der Waals surface area (Å²) < 4.78 is 0. The van der Waals surface area contributed by atoms with Gasteiger partial charge in [0, 0.05) is 41.3 Å². The fourth-order valence-corrected chi connectivity index (χ4v) is 4.56. The molecule has 3 unspecified atom stereocenters. The van der Waals surface area contributed by atoms with Gasteiger partial charge in [-0.25, -0.2) is 0 Å². The maximum absolute atomic E-state index is 11.7. The first-order valence-electron chi connectivity index (χ1n) is 8.72. The maximum atomic E-state index is 11.7. The summed E-state index contributed by atoms with van der Waals surface area (Å²) in [4.78, 5) is 13.4. The van der Waals surface area contributed by atoms with Crippen LogP contribution >= 0.6 is 23.2 Å². The summed E-state index contributed by atoms with van der Waals surface area (Å²) in [7, 11) is 1.80. The molecule has 0 aromatic heterocycles. The molecule has 2 aliphatic rings. The third-order valence-electron chi connectivity index (χ3n) is 5.50. The molecule has 0 radical (unpaired) electrons. The van der Waals surface area contributed by atoms with E-state index in [0.29, 0.717) is 21.9 Å². The van der Waals surface area contributed by atoms with Gasteiger partial charge in [-0.3, -0.25) is 4.79 Å². The summed E-state index contributed by atoms with van der Waals surface area (Å²) in [5.74, 6) is 0.723. The Labute approximate surface area is 163 Å². The molecular formula is C21H20Cl2N2O. The Bertz CT molecular complexity index is 909. The Kier molecular flexibility index (Phi) is 4.45. The van der Waals surface area contributed by atoms with Gasteiger partial charge in [0.15, 0.2) is 0 Å². The molecule has 1 heterocycles. The van der Waals surface area contributed by atoms with Crippen LogP contribution in [0.4, 0.5) is 11.4 Å². The summed E-state index contributed by atoms with van der Waals surface area (Å²) in [5, 5.41) is 5.01. The predicted octanol–water partition coefficient (Wildman–Crippen LogP) is 5.80. The summed E-state index contributed by atoms with van der Waals surface area (Å²) in [5.41, 5.74) is 4.32. The monoisotopic (exact) mass is 386 g/mol. The van der Waals surface area contributed by atoms with Crippen molar-refractivity contribution in [1.29, 1.82) is 0 Å². The van der Waals surface area contributed by atoms with Crippen LogP contribution in [-0.2, 0) is 4.79 Å². The van der Waals surface area contributed by atoms with E-state index >= 15 is 0 Å². The van der Waals surface area contributed by atoms with E-state index < -0.39 is 0 Å². The van der Waals surface area contributed by atoms with Crippen LogP contribution in [0, 0.1) is 5.92 Å². The van der Waals surface area contributed by atoms with Crippen molar-refractivity contribution >= 4 is 40.5 Å². The first-order valence-corrected chi connectivity index (χ1v) is 9.47. The van der Waals surface area contributed by atoms with E-state index in [1.807, 2.05) is 18.2 Å². The van der Waals surface area contributed by atoms with Crippen LogP contribution in [0.25, 0.3) is 0 Å². The molecule has 1 aliphatic heterocycles. The number of hydrogen-bond donors (Lipinski definition) is 1. The molecule has 1 N–H and O–H groups in total. The van der Waals surface area contributed by atoms with Gasteiger partial charge in [0.2, 0.25) is 5.91 Å². The second kappa shape index (κ2) is 6.64. The van der Waals surface area contributed by atoms with Crippen LogP contribution in [0.15, 0.2) is 48.6 Å². The highest BCUT2D eigenvalue weighted by atomic mass is 35.5. The third-order valence-corrected chi connectivity index (χ3v) is 6.07. The van der Waals surface area contributed by atoms with Crippen LogP contribution < -0.4 is 10.2 Å². The maximum Gasteiger partial charge on any atom is 0.223 e.